The maximum atomic E-state index is 12.5. The normalized spacial score (nSPS) is 16.0. The Labute approximate surface area is 156 Å². The van der Waals surface area contributed by atoms with Crippen molar-refractivity contribution in [1.82, 2.24) is 10.3 Å². The molecule has 3 aromatic rings. The minimum absolute atomic E-state index is 0.0274. The second kappa shape index (κ2) is 7.33. The standard InChI is InChI=1S/C20H20N2O3S/c1-24-16-7-4-5-13-11-14(12-25-19(13)16)20(23)21-10-9-18-22-15-6-2-3-8-17(15)26-18/h2-8,14H,9-12H2,1H3,(H,21,23)/t14-/m1/s1. The van der Waals surface area contributed by atoms with Crippen LogP contribution in [0.1, 0.15) is 10.6 Å². The summed E-state index contributed by atoms with van der Waals surface area (Å²) in [5.41, 5.74) is 2.03. The van der Waals surface area contributed by atoms with Crippen LogP contribution < -0.4 is 14.8 Å². The fraction of sp³-hybridized carbons (Fsp3) is 0.300. The molecule has 1 aromatic heterocycles. The highest BCUT2D eigenvalue weighted by Gasteiger charge is 2.27. The number of thiazole rings is 1. The molecular weight excluding hydrogens is 348 g/mol. The van der Waals surface area contributed by atoms with E-state index in [1.807, 2.05) is 36.4 Å². The molecule has 0 fully saturated rings. The van der Waals surface area contributed by atoms with E-state index in [9.17, 15) is 4.79 Å². The van der Waals surface area contributed by atoms with Crippen LogP contribution >= 0.6 is 11.3 Å². The molecule has 1 aliphatic rings. The molecule has 0 saturated heterocycles. The van der Waals surface area contributed by atoms with Gasteiger partial charge in [0, 0.05) is 13.0 Å². The summed E-state index contributed by atoms with van der Waals surface area (Å²) >= 11 is 1.68. The van der Waals surface area contributed by atoms with Gasteiger partial charge >= 0.3 is 0 Å². The Kier molecular flexibility index (Phi) is 4.75. The first kappa shape index (κ1) is 16.8. The molecule has 2 aromatic carbocycles. The van der Waals surface area contributed by atoms with E-state index >= 15 is 0 Å². The SMILES string of the molecule is COc1cccc2c1OC[C@H](C(=O)NCCc1nc3ccccc3s1)C2. The summed E-state index contributed by atoms with van der Waals surface area (Å²) in [4.78, 5) is 17.1. The number of aromatic nitrogens is 1. The molecule has 0 saturated carbocycles. The van der Waals surface area contributed by atoms with Gasteiger partial charge < -0.3 is 14.8 Å². The summed E-state index contributed by atoms with van der Waals surface area (Å²) in [6, 6.07) is 13.9. The van der Waals surface area contributed by atoms with Gasteiger partial charge in [-0.15, -0.1) is 11.3 Å². The van der Waals surface area contributed by atoms with Gasteiger partial charge in [-0.2, -0.15) is 0 Å². The molecule has 1 N–H and O–H groups in total. The third-order valence-corrected chi connectivity index (χ3v) is 5.62. The van der Waals surface area contributed by atoms with E-state index in [0.717, 1.165) is 34.0 Å². The second-order valence-corrected chi connectivity index (χ2v) is 7.39. The Morgan fingerprint density at radius 1 is 1.31 bits per heavy atom. The number of ether oxygens (including phenoxy) is 2. The molecule has 1 atom stereocenters. The minimum atomic E-state index is -0.176. The zero-order chi connectivity index (χ0) is 17.9. The summed E-state index contributed by atoms with van der Waals surface area (Å²) in [7, 11) is 1.62. The van der Waals surface area contributed by atoms with Gasteiger partial charge in [0.05, 0.1) is 28.3 Å². The number of carbonyl (C=O) groups is 1. The number of carbonyl (C=O) groups excluding carboxylic acids is 1. The Hall–Kier alpha value is -2.60. The first-order valence-corrected chi connectivity index (χ1v) is 9.47. The highest BCUT2D eigenvalue weighted by Crippen LogP contribution is 2.36. The second-order valence-electron chi connectivity index (χ2n) is 6.28. The Morgan fingerprint density at radius 2 is 2.19 bits per heavy atom. The number of rotatable bonds is 5. The molecule has 1 amide bonds. The zero-order valence-corrected chi connectivity index (χ0v) is 15.3. The Bertz CT molecular complexity index is 905. The summed E-state index contributed by atoms with van der Waals surface area (Å²) in [6.07, 6.45) is 1.41. The number of hydrogen-bond acceptors (Lipinski definition) is 5. The first-order chi connectivity index (χ1) is 12.7. The number of amides is 1. The van der Waals surface area contributed by atoms with Crippen molar-refractivity contribution in [3.63, 3.8) is 0 Å². The number of methoxy groups -OCH3 is 1. The maximum absolute atomic E-state index is 12.5. The van der Waals surface area contributed by atoms with Gasteiger partial charge in [-0.05, 0) is 30.2 Å². The molecule has 0 unspecified atom stereocenters. The summed E-state index contributed by atoms with van der Waals surface area (Å²) in [6.45, 7) is 0.959. The molecule has 2 heterocycles. The molecular formula is C20H20N2O3S. The number of nitrogens with one attached hydrogen (secondary N) is 1. The lowest BCUT2D eigenvalue weighted by Crippen LogP contribution is -2.38. The number of nitrogens with zero attached hydrogens (tertiary/aromatic N) is 1. The van der Waals surface area contributed by atoms with Crippen molar-refractivity contribution < 1.29 is 14.3 Å². The fourth-order valence-electron chi connectivity index (χ4n) is 3.19. The van der Waals surface area contributed by atoms with Crippen LogP contribution in [0.5, 0.6) is 11.5 Å². The third-order valence-electron chi connectivity index (χ3n) is 4.52. The van der Waals surface area contributed by atoms with E-state index in [-0.39, 0.29) is 11.8 Å². The van der Waals surface area contributed by atoms with E-state index in [2.05, 4.69) is 16.4 Å². The predicted octanol–water partition coefficient (Wildman–Crippen LogP) is 3.21. The van der Waals surface area contributed by atoms with E-state index < -0.39 is 0 Å². The molecule has 6 heteroatoms. The van der Waals surface area contributed by atoms with Crippen molar-refractivity contribution >= 4 is 27.5 Å². The number of hydrogen-bond donors (Lipinski definition) is 1. The van der Waals surface area contributed by atoms with Gasteiger partial charge in [0.2, 0.25) is 5.91 Å². The molecule has 4 rings (SSSR count). The van der Waals surface area contributed by atoms with Gasteiger partial charge in [-0.25, -0.2) is 4.98 Å². The van der Waals surface area contributed by atoms with E-state index in [1.54, 1.807) is 18.4 Å². The van der Waals surface area contributed by atoms with Gasteiger partial charge in [0.25, 0.3) is 0 Å². The molecule has 134 valence electrons. The Morgan fingerprint density at radius 3 is 3.04 bits per heavy atom. The first-order valence-electron chi connectivity index (χ1n) is 8.65. The van der Waals surface area contributed by atoms with Crippen molar-refractivity contribution in [2.75, 3.05) is 20.3 Å². The van der Waals surface area contributed by atoms with Crippen LogP contribution in [0.4, 0.5) is 0 Å². The van der Waals surface area contributed by atoms with Gasteiger partial charge in [0.1, 0.15) is 6.61 Å². The molecule has 0 spiro atoms. The lowest BCUT2D eigenvalue weighted by molar-refractivity contribution is -0.126. The highest BCUT2D eigenvalue weighted by atomic mass is 32.1. The molecule has 1 aliphatic heterocycles. The van der Waals surface area contributed by atoms with Crippen LogP contribution in [0.15, 0.2) is 42.5 Å². The lowest BCUT2D eigenvalue weighted by atomic mass is 9.95. The third kappa shape index (κ3) is 3.37. The van der Waals surface area contributed by atoms with Crippen LogP contribution in [0.3, 0.4) is 0 Å². The topological polar surface area (TPSA) is 60.5 Å². The largest absolute Gasteiger partial charge is 0.493 e. The van der Waals surface area contributed by atoms with Crippen LogP contribution in [0.25, 0.3) is 10.2 Å². The van der Waals surface area contributed by atoms with E-state index in [1.165, 1.54) is 4.70 Å². The summed E-state index contributed by atoms with van der Waals surface area (Å²) in [5, 5.41) is 4.06. The van der Waals surface area contributed by atoms with Crippen LogP contribution in [0.2, 0.25) is 0 Å². The minimum Gasteiger partial charge on any atom is -0.493 e. The Balaban J connectivity index is 1.33. The van der Waals surface area contributed by atoms with Gasteiger partial charge in [0.15, 0.2) is 11.5 Å². The average Bonchev–Trinajstić information content (AvgIpc) is 3.09. The van der Waals surface area contributed by atoms with Crippen molar-refractivity contribution in [3.05, 3.63) is 53.0 Å². The van der Waals surface area contributed by atoms with Gasteiger partial charge in [-0.3, -0.25) is 4.79 Å². The fourth-order valence-corrected chi connectivity index (χ4v) is 4.15. The van der Waals surface area contributed by atoms with E-state index in [0.29, 0.717) is 19.6 Å². The summed E-state index contributed by atoms with van der Waals surface area (Å²) in [5.74, 6) is 1.33. The van der Waals surface area contributed by atoms with Crippen LogP contribution in [-0.2, 0) is 17.6 Å². The quantitative estimate of drug-likeness (QED) is 0.751. The van der Waals surface area contributed by atoms with Gasteiger partial charge in [-0.1, -0.05) is 24.3 Å². The predicted molar refractivity (Wildman–Crippen MR) is 102 cm³/mol. The molecule has 26 heavy (non-hydrogen) atoms. The number of fused-ring (bicyclic) bond motifs is 2. The maximum Gasteiger partial charge on any atom is 0.226 e. The average molecular weight is 368 g/mol. The van der Waals surface area contributed by atoms with Crippen molar-refractivity contribution in [1.29, 1.82) is 0 Å². The smallest absolute Gasteiger partial charge is 0.226 e. The van der Waals surface area contributed by atoms with Crippen LogP contribution in [-0.4, -0.2) is 31.2 Å². The number of benzene rings is 2. The van der Waals surface area contributed by atoms with E-state index in [4.69, 9.17) is 9.47 Å². The molecule has 0 bridgehead atoms. The van der Waals surface area contributed by atoms with Crippen LogP contribution in [0, 0.1) is 5.92 Å². The number of para-hydroxylation sites is 2. The van der Waals surface area contributed by atoms with Crippen molar-refractivity contribution in [3.8, 4) is 11.5 Å². The van der Waals surface area contributed by atoms with Crippen molar-refractivity contribution in [2.24, 2.45) is 5.92 Å². The zero-order valence-electron chi connectivity index (χ0n) is 14.5. The monoisotopic (exact) mass is 368 g/mol. The summed E-state index contributed by atoms with van der Waals surface area (Å²) < 4.78 is 12.3. The van der Waals surface area contributed by atoms with Crippen molar-refractivity contribution in [2.45, 2.75) is 12.8 Å². The molecule has 0 radical (unpaired) electrons. The molecule has 0 aliphatic carbocycles. The molecule has 5 nitrogen and oxygen atoms in total. The lowest BCUT2D eigenvalue weighted by Gasteiger charge is -2.25. The highest BCUT2D eigenvalue weighted by molar-refractivity contribution is 7.18.